The molecule has 264 valence electrons. The summed E-state index contributed by atoms with van der Waals surface area (Å²) in [4.78, 5) is 21.6. The zero-order chi connectivity index (χ0) is 34.7. The number of amides is 1. The summed E-state index contributed by atoms with van der Waals surface area (Å²) in [5, 5.41) is 0.668. The molecule has 0 N–H and O–H groups in total. The molecule has 1 amide bonds. The third kappa shape index (κ3) is 11.1. The molecule has 5 aromatic rings. The van der Waals surface area contributed by atoms with Gasteiger partial charge in [0.15, 0.2) is 0 Å². The summed E-state index contributed by atoms with van der Waals surface area (Å²) < 4.78 is 17.7. The van der Waals surface area contributed by atoms with Crippen LogP contribution in [0.3, 0.4) is 0 Å². The number of aromatic nitrogens is 1. The highest BCUT2D eigenvalue weighted by atomic mass is 35.5. The van der Waals surface area contributed by atoms with Crippen molar-refractivity contribution in [1.29, 1.82) is 0 Å². The Labute approximate surface area is 311 Å². The van der Waals surface area contributed by atoms with Crippen molar-refractivity contribution in [3.63, 3.8) is 0 Å². The van der Waals surface area contributed by atoms with E-state index in [9.17, 15) is 4.79 Å². The second kappa shape index (κ2) is 18.4. The summed E-state index contributed by atoms with van der Waals surface area (Å²) in [6, 6.07) is 35.6. The summed E-state index contributed by atoms with van der Waals surface area (Å²) in [6.45, 7) is 9.23. The molecule has 9 heteroatoms. The van der Waals surface area contributed by atoms with Gasteiger partial charge in [0.05, 0.1) is 6.20 Å². The smallest absolute Gasteiger partial charge is 0.246 e. The van der Waals surface area contributed by atoms with Crippen molar-refractivity contribution < 1.29 is 19.0 Å². The highest BCUT2D eigenvalue weighted by Gasteiger charge is 2.19. The first-order chi connectivity index (χ1) is 24.4. The molecule has 0 spiro atoms. The first-order valence-electron chi connectivity index (χ1n) is 17.0. The summed E-state index contributed by atoms with van der Waals surface area (Å²) in [5.41, 5.74) is 5.54. The lowest BCUT2D eigenvalue weighted by molar-refractivity contribution is -0.127. The second-order valence-electron chi connectivity index (χ2n) is 12.6. The average Bonchev–Trinajstić information content (AvgIpc) is 3.15. The highest BCUT2D eigenvalue weighted by molar-refractivity contribution is 6.31. The predicted molar refractivity (Wildman–Crippen MR) is 206 cm³/mol. The van der Waals surface area contributed by atoms with Crippen LogP contribution in [0.1, 0.15) is 47.6 Å². The number of ether oxygens (including phenoxy) is 3. The number of rotatable bonds is 13. The number of benzene rings is 4. The monoisotopic (exact) mass is 723 g/mol. The lowest BCUT2D eigenvalue weighted by Gasteiger charge is -2.34. The molecule has 0 atom stereocenters. The molecule has 1 aliphatic heterocycles. The van der Waals surface area contributed by atoms with E-state index >= 15 is 0 Å². The number of pyridine rings is 1. The van der Waals surface area contributed by atoms with E-state index in [-0.39, 0.29) is 18.3 Å². The fourth-order valence-electron chi connectivity index (χ4n) is 5.57. The van der Waals surface area contributed by atoms with Gasteiger partial charge in [-0.25, -0.2) is 4.98 Å². The first kappa shape index (κ1) is 37.4. The number of halogens is 2. The van der Waals surface area contributed by atoms with E-state index in [1.54, 1.807) is 18.3 Å². The van der Waals surface area contributed by atoms with E-state index in [2.05, 4.69) is 60.1 Å². The zero-order valence-electron chi connectivity index (χ0n) is 28.9. The van der Waals surface area contributed by atoms with Gasteiger partial charge in [-0.05, 0) is 70.6 Å². The summed E-state index contributed by atoms with van der Waals surface area (Å²) in [5.74, 6) is 3.15. The van der Waals surface area contributed by atoms with Crippen LogP contribution in [0.4, 0.5) is 0 Å². The quantitative estimate of drug-likeness (QED) is 0.113. The molecule has 7 nitrogen and oxygen atoms in total. The molecule has 51 heavy (non-hydrogen) atoms. The molecule has 1 aliphatic rings. The normalized spacial score (nSPS) is 13.2. The maximum atomic E-state index is 12.9. The van der Waals surface area contributed by atoms with Gasteiger partial charge in [-0.2, -0.15) is 0 Å². The van der Waals surface area contributed by atoms with Gasteiger partial charge in [0.1, 0.15) is 30.5 Å². The third-order valence-electron chi connectivity index (χ3n) is 8.65. The largest absolute Gasteiger partial charge is 0.489 e. The van der Waals surface area contributed by atoms with E-state index in [1.807, 2.05) is 77.7 Å². The van der Waals surface area contributed by atoms with Gasteiger partial charge in [0, 0.05) is 55.5 Å². The van der Waals surface area contributed by atoms with Crippen molar-refractivity contribution in [3.8, 4) is 23.1 Å². The lowest BCUT2D eigenvalue weighted by atomic mass is 10.0. The van der Waals surface area contributed by atoms with E-state index in [0.717, 1.165) is 42.1 Å². The second-order valence-corrected chi connectivity index (χ2v) is 13.1. The van der Waals surface area contributed by atoms with E-state index in [4.69, 9.17) is 25.8 Å². The topological polar surface area (TPSA) is 64.1 Å². The average molecular weight is 725 g/mol. The maximum Gasteiger partial charge on any atom is 0.246 e. The number of carbonyl (C=O) groups excluding carboxylic acids is 1. The summed E-state index contributed by atoms with van der Waals surface area (Å²) in [7, 11) is 0. The molecule has 4 aromatic carbocycles. The number of nitrogens with zero attached hydrogens (tertiary/aromatic N) is 3. The molecule has 0 aliphatic carbocycles. The first-order valence-corrected chi connectivity index (χ1v) is 17.4. The molecule has 0 unspecified atom stereocenters. The fraction of sp³-hybridized carbons (Fsp3) is 0.238. The Bertz CT molecular complexity index is 1860. The van der Waals surface area contributed by atoms with E-state index in [1.165, 1.54) is 11.1 Å². The van der Waals surface area contributed by atoms with Crippen molar-refractivity contribution in [2.24, 2.45) is 0 Å². The van der Waals surface area contributed by atoms with Crippen LogP contribution in [0.5, 0.6) is 23.1 Å². The van der Waals surface area contributed by atoms with Gasteiger partial charge in [0.2, 0.25) is 11.8 Å². The van der Waals surface area contributed by atoms with Gasteiger partial charge < -0.3 is 19.1 Å². The van der Waals surface area contributed by atoms with Crippen LogP contribution in [0, 0.1) is 0 Å². The van der Waals surface area contributed by atoms with E-state index < -0.39 is 0 Å². The number of hydrogen-bond donors (Lipinski definition) is 0. The molecule has 1 saturated heterocycles. The maximum absolute atomic E-state index is 12.9. The van der Waals surface area contributed by atoms with Crippen molar-refractivity contribution in [3.05, 3.63) is 154 Å². The Morgan fingerprint density at radius 1 is 0.765 bits per heavy atom. The van der Waals surface area contributed by atoms with Crippen LogP contribution >= 0.6 is 24.0 Å². The van der Waals surface area contributed by atoms with Crippen LogP contribution in [0.15, 0.2) is 121 Å². The van der Waals surface area contributed by atoms with Gasteiger partial charge in [-0.1, -0.05) is 92.2 Å². The summed E-state index contributed by atoms with van der Waals surface area (Å²) >= 11 is 6.20. The Morgan fingerprint density at radius 2 is 1.41 bits per heavy atom. The van der Waals surface area contributed by atoms with Gasteiger partial charge in [-0.15, -0.1) is 12.4 Å². The molecule has 0 bridgehead atoms. The lowest BCUT2D eigenvalue weighted by Crippen LogP contribution is -2.47. The Morgan fingerprint density at radius 3 is 2.08 bits per heavy atom. The van der Waals surface area contributed by atoms with Crippen molar-refractivity contribution in [2.45, 2.75) is 39.5 Å². The molecule has 0 saturated carbocycles. The van der Waals surface area contributed by atoms with Gasteiger partial charge in [-0.3, -0.25) is 9.69 Å². The van der Waals surface area contributed by atoms with Crippen LogP contribution in [-0.4, -0.2) is 46.9 Å². The standard InChI is InChI=1S/C42H42ClN3O4.ClH/c1-31(2)35-14-18-37(19-15-35)48-29-34-9-7-33(8-10-34)28-45-23-25-46(26-24-45)42(47)22-13-32-11-16-38(17-12-32)50-41-21-20-39(27-44-41)49-30-36-5-3-4-6-40(36)43;/h3-22,27,31H,23-26,28-30H2,1-2H3;1H. The Kier molecular flexibility index (Phi) is 13.5. The minimum Gasteiger partial charge on any atom is -0.489 e. The molecular weight excluding hydrogens is 681 g/mol. The molecule has 1 fully saturated rings. The van der Waals surface area contributed by atoms with Crippen LogP contribution < -0.4 is 14.2 Å². The van der Waals surface area contributed by atoms with Crippen molar-refractivity contribution >= 4 is 36.0 Å². The predicted octanol–water partition coefficient (Wildman–Crippen LogP) is 9.59. The van der Waals surface area contributed by atoms with Crippen LogP contribution in [0.25, 0.3) is 6.08 Å². The summed E-state index contributed by atoms with van der Waals surface area (Å²) in [6.07, 6.45) is 5.11. The molecule has 0 radical (unpaired) electrons. The molecule has 6 rings (SSSR count). The molecule has 1 aromatic heterocycles. The molecular formula is C42H43Cl2N3O4. The minimum atomic E-state index is 0. The van der Waals surface area contributed by atoms with Gasteiger partial charge >= 0.3 is 0 Å². The van der Waals surface area contributed by atoms with E-state index in [0.29, 0.717) is 54.6 Å². The van der Waals surface area contributed by atoms with Crippen LogP contribution in [0.2, 0.25) is 5.02 Å². The number of piperazine rings is 1. The Balaban J connectivity index is 0.00000504. The zero-order valence-corrected chi connectivity index (χ0v) is 30.5. The Hall–Kier alpha value is -4.82. The van der Waals surface area contributed by atoms with Gasteiger partial charge in [0.25, 0.3) is 0 Å². The highest BCUT2D eigenvalue weighted by Crippen LogP contribution is 2.24. The number of carbonyl (C=O) groups is 1. The van der Waals surface area contributed by atoms with Crippen LogP contribution in [-0.2, 0) is 24.6 Å². The van der Waals surface area contributed by atoms with Crippen molar-refractivity contribution in [1.82, 2.24) is 14.8 Å². The minimum absolute atomic E-state index is 0. The SMILES string of the molecule is CC(C)c1ccc(OCc2ccc(CN3CCN(C(=O)C=Cc4ccc(Oc5ccc(OCc6ccccc6Cl)cn5)cc4)CC3)cc2)cc1.Cl. The fourth-order valence-corrected chi connectivity index (χ4v) is 5.76. The molecule has 2 heterocycles. The third-order valence-corrected chi connectivity index (χ3v) is 9.02. The number of hydrogen-bond acceptors (Lipinski definition) is 6. The van der Waals surface area contributed by atoms with Crippen molar-refractivity contribution in [2.75, 3.05) is 26.2 Å².